The highest BCUT2D eigenvalue weighted by molar-refractivity contribution is 7.09. The molecule has 2 heterocycles. The van der Waals surface area contributed by atoms with E-state index < -0.39 is 40.1 Å². The maximum Gasteiger partial charge on any atom is 0.433 e. The first-order valence-electron chi connectivity index (χ1n) is 8.16. The Labute approximate surface area is 164 Å². The molecule has 0 saturated carbocycles. The number of amides is 1. The van der Waals surface area contributed by atoms with Crippen LogP contribution in [0.25, 0.3) is 0 Å². The summed E-state index contributed by atoms with van der Waals surface area (Å²) in [6, 6.07) is 8.10. The average Bonchev–Trinajstić information content (AvgIpc) is 3.17. The molecule has 11 heteroatoms. The van der Waals surface area contributed by atoms with Gasteiger partial charge in [-0.25, -0.2) is 9.07 Å². The summed E-state index contributed by atoms with van der Waals surface area (Å²) in [5, 5.41) is 5.68. The second-order valence-corrected chi connectivity index (χ2v) is 7.00. The van der Waals surface area contributed by atoms with Gasteiger partial charge in [0.25, 0.3) is 11.3 Å². The minimum atomic E-state index is -5.08. The van der Waals surface area contributed by atoms with Gasteiger partial charge in [0.2, 0.25) is 0 Å². The molecule has 0 unspecified atom stereocenters. The van der Waals surface area contributed by atoms with Gasteiger partial charge < -0.3 is 5.32 Å². The van der Waals surface area contributed by atoms with E-state index in [1.54, 1.807) is 17.5 Å². The molecular weight excluding hydrogens is 414 g/mol. The van der Waals surface area contributed by atoms with Crippen LogP contribution in [0, 0.1) is 5.82 Å². The third-order valence-corrected chi connectivity index (χ3v) is 4.80. The first-order chi connectivity index (χ1) is 13.7. The maximum absolute atomic E-state index is 13.5. The van der Waals surface area contributed by atoms with Gasteiger partial charge in [-0.2, -0.15) is 13.2 Å². The van der Waals surface area contributed by atoms with Gasteiger partial charge in [0.15, 0.2) is 5.69 Å². The Kier molecular flexibility index (Phi) is 5.69. The fraction of sp³-hybridized carbons (Fsp3) is 0.167. The van der Waals surface area contributed by atoms with E-state index in [2.05, 4.69) is 5.32 Å². The number of carbonyl (C=O) groups excluding carboxylic acids is 1. The van der Waals surface area contributed by atoms with Crippen molar-refractivity contribution >= 4 is 17.2 Å². The molecule has 0 radical (unpaired) electrons. The van der Waals surface area contributed by atoms with Gasteiger partial charge in [0.1, 0.15) is 11.4 Å². The van der Waals surface area contributed by atoms with E-state index in [4.69, 9.17) is 0 Å². The number of halogens is 4. The standard InChI is InChI=1S/C18H13F4N3O3S/c19-11-5-3-10(4-6-11)8-23-16(27)13-14(26)17(28)25(9-12-2-1-7-29-12)24-15(13)18(20,21)22/h1-7,24H,8-9H2,(H,23,27). The maximum atomic E-state index is 13.5. The summed E-state index contributed by atoms with van der Waals surface area (Å²) >= 11 is 1.19. The average molecular weight is 427 g/mol. The summed E-state index contributed by atoms with van der Waals surface area (Å²) in [6.07, 6.45) is -5.08. The molecule has 0 aliphatic carbocycles. The number of aromatic amines is 1. The highest BCUT2D eigenvalue weighted by Crippen LogP contribution is 2.28. The Morgan fingerprint density at radius 2 is 1.83 bits per heavy atom. The molecule has 1 aromatic carbocycles. The lowest BCUT2D eigenvalue weighted by atomic mass is 10.1. The highest BCUT2D eigenvalue weighted by atomic mass is 32.1. The van der Waals surface area contributed by atoms with E-state index in [0.29, 0.717) is 15.1 Å². The Hall–Kier alpha value is -3.21. The van der Waals surface area contributed by atoms with Gasteiger partial charge in [0, 0.05) is 11.4 Å². The molecule has 3 rings (SSSR count). The molecule has 6 nitrogen and oxygen atoms in total. The van der Waals surface area contributed by atoms with Crippen LogP contribution < -0.4 is 16.3 Å². The molecule has 152 valence electrons. The lowest BCUT2D eigenvalue weighted by molar-refractivity contribution is -0.142. The van der Waals surface area contributed by atoms with Crippen LogP contribution in [0.4, 0.5) is 17.6 Å². The van der Waals surface area contributed by atoms with Crippen molar-refractivity contribution in [3.8, 4) is 0 Å². The summed E-state index contributed by atoms with van der Waals surface area (Å²) in [7, 11) is 0. The van der Waals surface area contributed by atoms with Gasteiger partial charge in [-0.05, 0) is 29.1 Å². The smallest absolute Gasteiger partial charge is 0.348 e. The first kappa shape index (κ1) is 20.5. The molecule has 0 atom stereocenters. The van der Waals surface area contributed by atoms with Crippen LogP contribution in [0.5, 0.6) is 0 Å². The number of aromatic nitrogens is 2. The van der Waals surface area contributed by atoms with Crippen LogP contribution in [0.3, 0.4) is 0 Å². The number of nitrogens with zero attached hydrogens (tertiary/aromatic N) is 1. The van der Waals surface area contributed by atoms with Gasteiger partial charge in [-0.3, -0.25) is 19.5 Å². The van der Waals surface area contributed by atoms with E-state index in [1.807, 2.05) is 5.10 Å². The van der Waals surface area contributed by atoms with E-state index in [9.17, 15) is 31.9 Å². The molecule has 0 bridgehead atoms. The van der Waals surface area contributed by atoms with Crippen LogP contribution in [-0.4, -0.2) is 15.7 Å². The molecule has 0 aliphatic rings. The van der Waals surface area contributed by atoms with Crippen molar-refractivity contribution in [2.24, 2.45) is 0 Å². The Morgan fingerprint density at radius 1 is 1.14 bits per heavy atom. The van der Waals surface area contributed by atoms with Crippen molar-refractivity contribution < 1.29 is 22.4 Å². The second kappa shape index (κ2) is 8.03. The first-order valence-corrected chi connectivity index (χ1v) is 9.04. The third kappa shape index (κ3) is 4.62. The quantitative estimate of drug-likeness (QED) is 0.485. The third-order valence-electron chi connectivity index (χ3n) is 3.93. The number of alkyl halides is 3. The number of thiophene rings is 1. The van der Waals surface area contributed by atoms with Crippen molar-refractivity contribution in [3.05, 3.63) is 89.9 Å². The lowest BCUT2D eigenvalue weighted by Gasteiger charge is -2.15. The SMILES string of the molecule is O=C(NCc1ccc(F)cc1)c1c(C(F)(F)F)[nH]n(Cc2cccs2)c(=O)c1=O. The zero-order valence-corrected chi connectivity index (χ0v) is 15.4. The molecule has 0 fully saturated rings. The Balaban J connectivity index is 1.97. The zero-order valence-electron chi connectivity index (χ0n) is 14.5. The van der Waals surface area contributed by atoms with E-state index in [0.717, 1.165) is 12.1 Å². The van der Waals surface area contributed by atoms with Crippen LogP contribution in [0.1, 0.15) is 26.5 Å². The van der Waals surface area contributed by atoms with Crippen molar-refractivity contribution in [1.82, 2.24) is 15.1 Å². The molecule has 1 amide bonds. The van der Waals surface area contributed by atoms with Crippen molar-refractivity contribution in [3.63, 3.8) is 0 Å². The van der Waals surface area contributed by atoms with Crippen LogP contribution in [-0.2, 0) is 19.3 Å². The highest BCUT2D eigenvalue weighted by Gasteiger charge is 2.39. The normalized spacial score (nSPS) is 11.4. The Bertz CT molecular complexity index is 1130. The fourth-order valence-corrected chi connectivity index (χ4v) is 3.24. The molecule has 3 aromatic rings. The van der Waals surface area contributed by atoms with Gasteiger partial charge >= 0.3 is 11.7 Å². The van der Waals surface area contributed by atoms with E-state index in [-0.39, 0.29) is 13.1 Å². The number of rotatable bonds is 5. The van der Waals surface area contributed by atoms with Gasteiger partial charge in [-0.15, -0.1) is 11.3 Å². The largest absolute Gasteiger partial charge is 0.433 e. The molecular formula is C18H13F4N3O3S. The zero-order chi connectivity index (χ0) is 21.2. The van der Waals surface area contributed by atoms with Crippen molar-refractivity contribution in [1.29, 1.82) is 0 Å². The monoisotopic (exact) mass is 427 g/mol. The topological polar surface area (TPSA) is 84.0 Å². The summed E-state index contributed by atoms with van der Waals surface area (Å²) < 4.78 is 53.9. The number of carbonyl (C=O) groups is 1. The number of nitrogens with one attached hydrogen (secondary N) is 2. The van der Waals surface area contributed by atoms with Crippen molar-refractivity contribution in [2.75, 3.05) is 0 Å². The summed E-state index contributed by atoms with van der Waals surface area (Å²) in [6.45, 7) is -0.527. The van der Waals surface area contributed by atoms with Crippen LogP contribution >= 0.6 is 11.3 Å². The van der Waals surface area contributed by atoms with E-state index >= 15 is 0 Å². The number of hydrogen-bond acceptors (Lipinski definition) is 4. The molecule has 0 saturated heterocycles. The van der Waals surface area contributed by atoms with Crippen molar-refractivity contribution in [2.45, 2.75) is 19.3 Å². The summed E-state index contributed by atoms with van der Waals surface area (Å²) in [5.74, 6) is -1.88. The fourth-order valence-electron chi connectivity index (χ4n) is 2.55. The van der Waals surface area contributed by atoms with Gasteiger partial charge in [-0.1, -0.05) is 18.2 Å². The van der Waals surface area contributed by atoms with Crippen LogP contribution in [0.2, 0.25) is 0 Å². The summed E-state index contributed by atoms with van der Waals surface area (Å²) in [5.41, 5.74) is -5.37. The predicted molar refractivity (Wildman–Crippen MR) is 97.3 cm³/mol. The molecule has 2 aromatic heterocycles. The number of hydrogen-bond donors (Lipinski definition) is 2. The summed E-state index contributed by atoms with van der Waals surface area (Å²) in [4.78, 5) is 37.4. The number of H-pyrrole nitrogens is 1. The molecule has 0 spiro atoms. The molecule has 0 aliphatic heterocycles. The molecule has 2 N–H and O–H groups in total. The number of benzene rings is 1. The second-order valence-electron chi connectivity index (χ2n) is 5.97. The predicted octanol–water partition coefficient (Wildman–Crippen LogP) is 2.73. The van der Waals surface area contributed by atoms with E-state index in [1.165, 1.54) is 23.5 Å². The van der Waals surface area contributed by atoms with Gasteiger partial charge in [0.05, 0.1) is 6.54 Å². The minimum absolute atomic E-state index is 0.256. The minimum Gasteiger partial charge on any atom is -0.348 e. The Morgan fingerprint density at radius 3 is 2.41 bits per heavy atom. The lowest BCUT2D eigenvalue weighted by Crippen LogP contribution is -2.45. The van der Waals surface area contributed by atoms with Crippen LogP contribution in [0.15, 0.2) is 51.4 Å². The molecule has 29 heavy (non-hydrogen) atoms.